The van der Waals surface area contributed by atoms with E-state index in [-0.39, 0.29) is 0 Å². The Morgan fingerprint density at radius 3 is 2.62 bits per heavy atom. The summed E-state index contributed by atoms with van der Waals surface area (Å²) in [5.41, 5.74) is 0.463. The second-order valence-electron chi connectivity index (χ2n) is 1.75. The number of allylic oxidation sites excluding steroid dienone is 1. The molecule has 0 unspecified atom stereocenters. The first-order chi connectivity index (χ1) is 3.80. The zero-order valence-corrected chi connectivity index (χ0v) is 4.42. The molecule has 0 aromatic heterocycles. The average Bonchev–Trinajstić information content (AvgIpc) is 2.12. The van der Waals surface area contributed by atoms with Gasteiger partial charge in [-0.1, -0.05) is 6.08 Å². The van der Waals surface area contributed by atoms with Crippen molar-refractivity contribution in [2.45, 2.75) is 12.8 Å². The zero-order chi connectivity index (χ0) is 5.98. The van der Waals surface area contributed by atoms with Gasteiger partial charge in [0.05, 0.1) is 0 Å². The molecule has 0 heterocycles. The van der Waals surface area contributed by atoms with E-state index in [2.05, 4.69) is 0 Å². The van der Waals surface area contributed by atoms with Crippen LogP contribution in [0, 0.1) is 6.42 Å². The van der Waals surface area contributed by atoms with Gasteiger partial charge >= 0.3 is 5.97 Å². The topological polar surface area (TPSA) is 37.3 Å². The third kappa shape index (κ3) is 0.886. The Balaban J connectivity index is 2.57. The van der Waals surface area contributed by atoms with Gasteiger partial charge < -0.3 is 5.11 Å². The van der Waals surface area contributed by atoms with Crippen molar-refractivity contribution >= 4 is 5.97 Å². The predicted molar refractivity (Wildman–Crippen MR) is 29.3 cm³/mol. The third-order valence-electron chi connectivity index (χ3n) is 1.14. The quantitative estimate of drug-likeness (QED) is 0.548. The lowest BCUT2D eigenvalue weighted by atomic mass is 10.2. The maximum atomic E-state index is 10.1. The Labute approximate surface area is 47.8 Å². The summed E-state index contributed by atoms with van der Waals surface area (Å²) >= 11 is 0. The third-order valence-corrected chi connectivity index (χ3v) is 1.14. The van der Waals surface area contributed by atoms with E-state index in [9.17, 15) is 4.79 Å². The van der Waals surface area contributed by atoms with Crippen LogP contribution in [0.15, 0.2) is 11.6 Å². The molecule has 0 saturated carbocycles. The van der Waals surface area contributed by atoms with Gasteiger partial charge in [-0.05, 0) is 19.3 Å². The molecular weight excluding hydrogens is 104 g/mol. The predicted octanol–water partition coefficient (Wildman–Crippen LogP) is 0.995. The highest BCUT2D eigenvalue weighted by Gasteiger charge is 2.10. The van der Waals surface area contributed by atoms with Crippen LogP contribution in [-0.2, 0) is 4.79 Å². The molecular formula is C6H7O2. The van der Waals surface area contributed by atoms with Crippen LogP contribution in [0.4, 0.5) is 0 Å². The molecule has 43 valence electrons. The molecule has 0 fully saturated rings. The lowest BCUT2D eigenvalue weighted by Gasteiger charge is -1.86. The van der Waals surface area contributed by atoms with Crippen LogP contribution in [0.25, 0.3) is 0 Å². The lowest BCUT2D eigenvalue weighted by molar-refractivity contribution is -0.132. The van der Waals surface area contributed by atoms with Crippen LogP contribution in [-0.4, -0.2) is 11.1 Å². The van der Waals surface area contributed by atoms with Gasteiger partial charge in [-0.15, -0.1) is 0 Å². The van der Waals surface area contributed by atoms with Gasteiger partial charge in [0.25, 0.3) is 0 Å². The molecule has 0 aromatic carbocycles. The second kappa shape index (κ2) is 1.99. The minimum atomic E-state index is -0.803. The smallest absolute Gasteiger partial charge is 0.331 e. The first-order valence-electron chi connectivity index (χ1n) is 2.57. The summed E-state index contributed by atoms with van der Waals surface area (Å²) in [7, 11) is 0. The Hall–Kier alpha value is -0.790. The van der Waals surface area contributed by atoms with Crippen molar-refractivity contribution in [2.24, 2.45) is 0 Å². The summed E-state index contributed by atoms with van der Waals surface area (Å²) in [4.78, 5) is 10.1. The van der Waals surface area contributed by atoms with Crippen molar-refractivity contribution in [1.29, 1.82) is 0 Å². The molecule has 0 spiro atoms. The summed E-state index contributed by atoms with van der Waals surface area (Å²) in [6.07, 6.45) is 5.26. The SMILES string of the molecule is O=C(O)C1=CCC[CH]1. The maximum absolute atomic E-state index is 10.1. The molecule has 2 heteroatoms. The minimum absolute atomic E-state index is 0.463. The largest absolute Gasteiger partial charge is 0.478 e. The van der Waals surface area contributed by atoms with Gasteiger partial charge in [0.1, 0.15) is 0 Å². The van der Waals surface area contributed by atoms with E-state index in [0.717, 1.165) is 12.8 Å². The number of hydrogen-bond donors (Lipinski definition) is 1. The van der Waals surface area contributed by atoms with E-state index in [4.69, 9.17) is 5.11 Å². The second-order valence-corrected chi connectivity index (χ2v) is 1.75. The van der Waals surface area contributed by atoms with Crippen molar-refractivity contribution in [3.8, 4) is 0 Å². The molecule has 0 bridgehead atoms. The number of carboxylic acid groups (broad SMARTS) is 1. The summed E-state index contributed by atoms with van der Waals surface area (Å²) in [5, 5.41) is 8.31. The molecule has 0 saturated heterocycles. The summed E-state index contributed by atoms with van der Waals surface area (Å²) < 4.78 is 0. The van der Waals surface area contributed by atoms with Crippen LogP contribution in [0.5, 0.6) is 0 Å². The van der Waals surface area contributed by atoms with Crippen LogP contribution >= 0.6 is 0 Å². The average molecular weight is 111 g/mol. The van der Waals surface area contributed by atoms with E-state index >= 15 is 0 Å². The van der Waals surface area contributed by atoms with Gasteiger partial charge in [0.2, 0.25) is 0 Å². The summed E-state index contributed by atoms with van der Waals surface area (Å²) in [5.74, 6) is -0.803. The van der Waals surface area contributed by atoms with Crippen molar-refractivity contribution in [3.05, 3.63) is 18.1 Å². The molecule has 0 aliphatic heterocycles. The van der Waals surface area contributed by atoms with Crippen LogP contribution in [0.2, 0.25) is 0 Å². The number of hydrogen-bond acceptors (Lipinski definition) is 1. The minimum Gasteiger partial charge on any atom is -0.478 e. The highest BCUT2D eigenvalue weighted by atomic mass is 16.4. The Morgan fingerprint density at radius 1 is 1.62 bits per heavy atom. The van der Waals surface area contributed by atoms with Gasteiger partial charge in [-0.3, -0.25) is 0 Å². The first-order valence-corrected chi connectivity index (χ1v) is 2.57. The van der Waals surface area contributed by atoms with Crippen molar-refractivity contribution in [2.75, 3.05) is 0 Å². The Morgan fingerprint density at radius 2 is 2.38 bits per heavy atom. The van der Waals surface area contributed by atoms with Crippen LogP contribution in [0.1, 0.15) is 12.8 Å². The molecule has 0 aromatic rings. The summed E-state index contributed by atoms with van der Waals surface area (Å²) in [6, 6.07) is 0. The molecule has 1 aliphatic carbocycles. The van der Waals surface area contributed by atoms with Crippen molar-refractivity contribution in [1.82, 2.24) is 0 Å². The Bertz CT molecular complexity index is 135. The highest BCUT2D eigenvalue weighted by Crippen LogP contribution is 2.15. The number of carbonyl (C=O) groups is 1. The number of carboxylic acids is 1. The molecule has 8 heavy (non-hydrogen) atoms. The van der Waals surface area contributed by atoms with Crippen LogP contribution < -0.4 is 0 Å². The molecule has 1 aliphatic rings. The fraction of sp³-hybridized carbons (Fsp3) is 0.333. The molecule has 0 amide bonds. The standard InChI is InChI=1S/C6H7O2/c7-6(8)5-3-1-2-4-5/h3-4H,1-2H2,(H,7,8). The normalized spacial score (nSPS) is 18.2. The monoisotopic (exact) mass is 111 g/mol. The fourth-order valence-electron chi connectivity index (χ4n) is 0.736. The van der Waals surface area contributed by atoms with Gasteiger partial charge in [-0.2, -0.15) is 0 Å². The number of rotatable bonds is 1. The van der Waals surface area contributed by atoms with E-state index in [1.165, 1.54) is 0 Å². The summed E-state index contributed by atoms with van der Waals surface area (Å²) in [6.45, 7) is 0. The first kappa shape index (κ1) is 5.35. The molecule has 1 rings (SSSR count). The fourth-order valence-corrected chi connectivity index (χ4v) is 0.736. The molecule has 0 atom stereocenters. The van der Waals surface area contributed by atoms with Crippen LogP contribution in [0.3, 0.4) is 0 Å². The van der Waals surface area contributed by atoms with Gasteiger partial charge in [0.15, 0.2) is 0 Å². The lowest BCUT2D eigenvalue weighted by Crippen LogP contribution is -1.96. The van der Waals surface area contributed by atoms with E-state index < -0.39 is 5.97 Å². The zero-order valence-electron chi connectivity index (χ0n) is 4.42. The maximum Gasteiger partial charge on any atom is 0.331 e. The highest BCUT2D eigenvalue weighted by molar-refractivity contribution is 5.89. The van der Waals surface area contributed by atoms with Crippen molar-refractivity contribution in [3.63, 3.8) is 0 Å². The number of aliphatic carboxylic acids is 1. The Kier molecular flexibility index (Phi) is 1.33. The van der Waals surface area contributed by atoms with Gasteiger partial charge in [-0.25, -0.2) is 4.79 Å². The molecule has 1 radical (unpaired) electrons. The van der Waals surface area contributed by atoms with Gasteiger partial charge in [0, 0.05) is 5.57 Å². The molecule has 1 N–H and O–H groups in total. The van der Waals surface area contributed by atoms with E-state index in [1.807, 2.05) is 0 Å². The van der Waals surface area contributed by atoms with E-state index in [1.54, 1.807) is 12.5 Å². The van der Waals surface area contributed by atoms with Crippen molar-refractivity contribution < 1.29 is 9.90 Å². The van der Waals surface area contributed by atoms with E-state index in [0.29, 0.717) is 5.57 Å². The molecule has 2 nitrogen and oxygen atoms in total.